The largest absolute Gasteiger partial charge is 0.308 e. The predicted octanol–water partition coefficient (Wildman–Crippen LogP) is 4.83. The molecule has 1 N–H and O–H groups in total. The molecular weight excluding hydrogens is 270 g/mol. The Kier molecular flexibility index (Phi) is 3.79. The summed E-state index contributed by atoms with van der Waals surface area (Å²) in [6, 6.07) is 9.42. The van der Waals surface area contributed by atoms with Crippen molar-refractivity contribution in [2.24, 2.45) is 5.92 Å². The van der Waals surface area contributed by atoms with E-state index in [4.69, 9.17) is 0 Å². The number of thiophene rings is 2. The summed E-state index contributed by atoms with van der Waals surface area (Å²) in [5.74, 6) is 0.859. The fraction of sp³-hybridized carbons (Fsp3) is 0.500. The molecule has 0 amide bonds. The Hall–Kier alpha value is -0.640. The van der Waals surface area contributed by atoms with Crippen molar-refractivity contribution >= 4 is 22.7 Å². The molecule has 1 fully saturated rings. The smallest absolute Gasteiger partial charge is 0.0443 e. The quantitative estimate of drug-likeness (QED) is 0.804. The monoisotopic (exact) mass is 291 g/mol. The minimum Gasteiger partial charge on any atom is -0.308 e. The molecule has 1 aliphatic rings. The topological polar surface area (TPSA) is 12.0 Å². The molecule has 1 unspecified atom stereocenters. The Morgan fingerprint density at radius 3 is 2.53 bits per heavy atom. The van der Waals surface area contributed by atoms with Crippen LogP contribution in [0.1, 0.15) is 42.5 Å². The van der Waals surface area contributed by atoms with Crippen molar-refractivity contribution in [3.8, 4) is 0 Å². The zero-order valence-electron chi connectivity index (χ0n) is 11.6. The summed E-state index contributed by atoms with van der Waals surface area (Å²) >= 11 is 3.75. The SMILES string of the molecule is CC(C)(CNC(c1cccs1)C1CC1)c1cccs1. The highest BCUT2D eigenvalue weighted by atomic mass is 32.1. The van der Waals surface area contributed by atoms with Crippen LogP contribution in [0.4, 0.5) is 0 Å². The third-order valence-electron chi connectivity index (χ3n) is 3.90. The van der Waals surface area contributed by atoms with Gasteiger partial charge in [0.05, 0.1) is 0 Å². The highest BCUT2D eigenvalue weighted by Crippen LogP contribution is 2.42. The molecular formula is C16H21NS2. The molecule has 19 heavy (non-hydrogen) atoms. The molecule has 2 aromatic heterocycles. The average Bonchev–Trinajstić information content (AvgIpc) is 2.88. The minimum atomic E-state index is 0.221. The lowest BCUT2D eigenvalue weighted by Crippen LogP contribution is -2.35. The zero-order chi connectivity index (χ0) is 13.3. The van der Waals surface area contributed by atoms with Gasteiger partial charge in [-0.25, -0.2) is 0 Å². The third kappa shape index (κ3) is 3.10. The van der Waals surface area contributed by atoms with Crippen molar-refractivity contribution in [1.82, 2.24) is 5.32 Å². The Morgan fingerprint density at radius 2 is 1.95 bits per heavy atom. The van der Waals surface area contributed by atoms with Crippen LogP contribution in [-0.4, -0.2) is 6.54 Å². The summed E-state index contributed by atoms with van der Waals surface area (Å²) in [6.45, 7) is 5.72. The first kappa shape index (κ1) is 13.3. The maximum Gasteiger partial charge on any atom is 0.0443 e. The van der Waals surface area contributed by atoms with E-state index < -0.39 is 0 Å². The standard InChI is InChI=1S/C16H21NS2/c1-16(2,14-6-4-10-19-14)11-17-15(12-7-8-12)13-5-3-9-18-13/h3-6,9-10,12,15,17H,7-8,11H2,1-2H3. The van der Waals surface area contributed by atoms with E-state index in [1.165, 1.54) is 22.6 Å². The fourth-order valence-electron chi connectivity index (χ4n) is 2.51. The minimum absolute atomic E-state index is 0.221. The Labute approximate surface area is 123 Å². The Balaban J connectivity index is 1.67. The second-order valence-corrected chi connectivity index (χ2v) is 8.00. The van der Waals surface area contributed by atoms with Crippen LogP contribution in [0.5, 0.6) is 0 Å². The van der Waals surface area contributed by atoms with Crippen LogP contribution in [0.2, 0.25) is 0 Å². The van der Waals surface area contributed by atoms with Crippen LogP contribution in [0, 0.1) is 5.92 Å². The average molecular weight is 291 g/mol. The van der Waals surface area contributed by atoms with Gasteiger partial charge in [0.25, 0.3) is 0 Å². The van der Waals surface area contributed by atoms with Crippen molar-refractivity contribution in [3.05, 3.63) is 44.8 Å². The van der Waals surface area contributed by atoms with Gasteiger partial charge in [-0.1, -0.05) is 26.0 Å². The van der Waals surface area contributed by atoms with Gasteiger partial charge in [-0.05, 0) is 41.7 Å². The first-order chi connectivity index (χ1) is 9.17. The molecule has 0 aliphatic heterocycles. The Morgan fingerprint density at radius 1 is 1.21 bits per heavy atom. The van der Waals surface area contributed by atoms with Crippen molar-refractivity contribution in [2.75, 3.05) is 6.54 Å². The molecule has 0 saturated heterocycles. The first-order valence-electron chi connectivity index (χ1n) is 6.97. The molecule has 0 bridgehead atoms. The lowest BCUT2D eigenvalue weighted by molar-refractivity contribution is 0.407. The molecule has 0 aromatic carbocycles. The number of nitrogens with one attached hydrogen (secondary N) is 1. The van der Waals surface area contributed by atoms with Gasteiger partial charge in [-0.15, -0.1) is 22.7 Å². The number of hydrogen-bond acceptors (Lipinski definition) is 3. The second-order valence-electron chi connectivity index (χ2n) is 6.07. The predicted molar refractivity (Wildman–Crippen MR) is 85.1 cm³/mol. The van der Waals surface area contributed by atoms with Crippen LogP contribution < -0.4 is 5.32 Å². The summed E-state index contributed by atoms with van der Waals surface area (Å²) < 4.78 is 0. The normalized spacial score (nSPS) is 17.6. The van der Waals surface area contributed by atoms with Crippen LogP contribution in [-0.2, 0) is 5.41 Å². The highest BCUT2D eigenvalue weighted by Gasteiger charge is 2.34. The van der Waals surface area contributed by atoms with Crippen LogP contribution in [0.15, 0.2) is 35.0 Å². The molecule has 2 heterocycles. The van der Waals surface area contributed by atoms with Crippen molar-refractivity contribution in [3.63, 3.8) is 0 Å². The lowest BCUT2D eigenvalue weighted by atomic mass is 9.91. The summed E-state index contributed by atoms with van der Waals surface area (Å²) in [5, 5.41) is 8.20. The highest BCUT2D eigenvalue weighted by molar-refractivity contribution is 7.10. The van der Waals surface area contributed by atoms with Crippen molar-refractivity contribution < 1.29 is 0 Å². The summed E-state index contributed by atoms with van der Waals surface area (Å²) in [7, 11) is 0. The molecule has 1 nitrogen and oxygen atoms in total. The van der Waals surface area contributed by atoms with E-state index in [1.807, 2.05) is 22.7 Å². The molecule has 0 spiro atoms. The molecule has 3 rings (SSSR count). The summed E-state index contributed by atoms with van der Waals surface area (Å²) in [6.07, 6.45) is 2.77. The van der Waals surface area contributed by atoms with Gasteiger partial charge in [0.1, 0.15) is 0 Å². The van der Waals surface area contributed by atoms with E-state index in [0.29, 0.717) is 6.04 Å². The molecule has 2 aromatic rings. The van der Waals surface area contributed by atoms with Crippen LogP contribution >= 0.6 is 22.7 Å². The zero-order valence-corrected chi connectivity index (χ0v) is 13.2. The molecule has 1 saturated carbocycles. The van der Waals surface area contributed by atoms with E-state index >= 15 is 0 Å². The molecule has 3 heteroatoms. The number of rotatable bonds is 6. The molecule has 102 valence electrons. The maximum absolute atomic E-state index is 3.83. The van der Waals surface area contributed by atoms with Gasteiger partial charge in [-0.3, -0.25) is 0 Å². The van der Waals surface area contributed by atoms with E-state index in [0.717, 1.165) is 12.5 Å². The molecule has 1 atom stereocenters. The van der Waals surface area contributed by atoms with Gasteiger partial charge in [0.15, 0.2) is 0 Å². The van der Waals surface area contributed by atoms with Gasteiger partial charge in [0.2, 0.25) is 0 Å². The lowest BCUT2D eigenvalue weighted by Gasteiger charge is -2.27. The molecule has 1 aliphatic carbocycles. The van der Waals surface area contributed by atoms with E-state index in [1.54, 1.807) is 0 Å². The van der Waals surface area contributed by atoms with Gasteiger partial charge in [-0.2, -0.15) is 0 Å². The van der Waals surface area contributed by atoms with E-state index in [9.17, 15) is 0 Å². The molecule has 0 radical (unpaired) electrons. The van der Waals surface area contributed by atoms with Gasteiger partial charge in [0, 0.05) is 27.8 Å². The van der Waals surface area contributed by atoms with Crippen LogP contribution in [0.3, 0.4) is 0 Å². The van der Waals surface area contributed by atoms with Crippen LogP contribution in [0.25, 0.3) is 0 Å². The summed E-state index contributed by atoms with van der Waals surface area (Å²) in [5.41, 5.74) is 0.221. The number of hydrogen-bond donors (Lipinski definition) is 1. The second kappa shape index (κ2) is 5.39. The first-order valence-corrected chi connectivity index (χ1v) is 8.73. The van der Waals surface area contributed by atoms with Gasteiger partial charge >= 0.3 is 0 Å². The van der Waals surface area contributed by atoms with Crippen molar-refractivity contribution in [1.29, 1.82) is 0 Å². The third-order valence-corrected chi connectivity index (χ3v) is 6.09. The maximum atomic E-state index is 3.83. The van der Waals surface area contributed by atoms with E-state index in [-0.39, 0.29) is 5.41 Å². The van der Waals surface area contributed by atoms with E-state index in [2.05, 4.69) is 54.2 Å². The van der Waals surface area contributed by atoms with Crippen molar-refractivity contribution in [2.45, 2.75) is 38.1 Å². The fourth-order valence-corrected chi connectivity index (χ4v) is 4.26. The Bertz CT molecular complexity index is 495. The summed E-state index contributed by atoms with van der Waals surface area (Å²) in [4.78, 5) is 2.98. The van der Waals surface area contributed by atoms with Gasteiger partial charge < -0.3 is 5.32 Å².